The van der Waals surface area contributed by atoms with Gasteiger partial charge in [-0.15, -0.1) is 0 Å². The first kappa shape index (κ1) is 11.2. The average Bonchev–Trinajstić information content (AvgIpc) is 2.10. The Kier molecular flexibility index (Phi) is 4.95. The van der Waals surface area contributed by atoms with Gasteiger partial charge in [-0.25, -0.2) is 9.79 Å². The van der Waals surface area contributed by atoms with E-state index in [1.807, 2.05) is 0 Å². The van der Waals surface area contributed by atoms with Crippen LogP contribution < -0.4 is 5.73 Å². The molecule has 0 saturated heterocycles. The molecule has 0 aromatic rings. The highest BCUT2D eigenvalue weighted by Gasteiger charge is 1.86. The summed E-state index contributed by atoms with van der Waals surface area (Å²) in [4.78, 5) is 13.9. The van der Waals surface area contributed by atoms with Crippen molar-refractivity contribution in [2.75, 3.05) is 0 Å². The maximum atomic E-state index is 10.1. The van der Waals surface area contributed by atoms with Crippen molar-refractivity contribution in [2.24, 2.45) is 10.7 Å². The molecule has 70 valence electrons. The highest BCUT2D eigenvalue weighted by Crippen LogP contribution is 1.94. The fraction of sp³-hybridized carbons (Fsp3) is 0.111. The molecule has 0 aliphatic rings. The Morgan fingerprint density at radius 3 is 2.62 bits per heavy atom. The minimum absolute atomic E-state index is 0.295. The smallest absolute Gasteiger partial charge is 0.328 e. The lowest BCUT2D eigenvalue weighted by Crippen LogP contribution is -2.05. The Morgan fingerprint density at radius 1 is 1.54 bits per heavy atom. The molecule has 0 fully saturated rings. The predicted molar refractivity (Wildman–Crippen MR) is 52.4 cm³/mol. The molecule has 0 amide bonds. The molecule has 0 aromatic heterocycles. The number of carboxylic acid groups (broad SMARTS) is 1. The number of nitrogens with zero attached hydrogens (tertiary/aromatic N) is 1. The minimum atomic E-state index is -0.992. The first-order chi connectivity index (χ1) is 6.06. The van der Waals surface area contributed by atoms with E-state index >= 15 is 0 Å². The standard InChI is InChI=1S/C9H12N2O2/c1-3-8(10)11-6-7(2)4-5-9(12)13/h3-6H,1H2,2H3,(H2,10,11)(H,12,13)/b5-4+,7-6+. The van der Waals surface area contributed by atoms with Crippen LogP contribution >= 0.6 is 0 Å². The van der Waals surface area contributed by atoms with Gasteiger partial charge in [-0.05, 0) is 18.6 Å². The fourth-order valence-electron chi connectivity index (χ4n) is 0.475. The van der Waals surface area contributed by atoms with E-state index in [9.17, 15) is 4.79 Å². The van der Waals surface area contributed by atoms with E-state index in [4.69, 9.17) is 10.8 Å². The lowest BCUT2D eigenvalue weighted by atomic mass is 10.3. The number of hydrogen-bond acceptors (Lipinski definition) is 2. The van der Waals surface area contributed by atoms with Crippen LogP contribution in [0.5, 0.6) is 0 Å². The van der Waals surface area contributed by atoms with Gasteiger partial charge in [-0.2, -0.15) is 0 Å². The molecule has 0 saturated carbocycles. The predicted octanol–water partition coefficient (Wildman–Crippen LogP) is 1.07. The van der Waals surface area contributed by atoms with Gasteiger partial charge in [-0.3, -0.25) is 0 Å². The van der Waals surface area contributed by atoms with E-state index in [0.29, 0.717) is 11.4 Å². The summed E-state index contributed by atoms with van der Waals surface area (Å²) in [6, 6.07) is 0. The van der Waals surface area contributed by atoms with Crippen LogP contribution in [0.4, 0.5) is 0 Å². The molecule has 13 heavy (non-hydrogen) atoms. The summed E-state index contributed by atoms with van der Waals surface area (Å²) in [6.45, 7) is 5.14. The topological polar surface area (TPSA) is 75.7 Å². The van der Waals surface area contributed by atoms with Gasteiger partial charge >= 0.3 is 5.97 Å². The normalized spacial score (nSPS) is 13.3. The number of allylic oxidation sites excluding steroid dienone is 2. The van der Waals surface area contributed by atoms with Gasteiger partial charge in [0.05, 0.1) is 0 Å². The van der Waals surface area contributed by atoms with E-state index in [0.717, 1.165) is 6.08 Å². The number of carboxylic acids is 1. The average molecular weight is 180 g/mol. The molecule has 0 unspecified atom stereocenters. The Balaban J connectivity index is 4.34. The van der Waals surface area contributed by atoms with Gasteiger partial charge < -0.3 is 10.8 Å². The van der Waals surface area contributed by atoms with Crippen molar-refractivity contribution in [1.82, 2.24) is 0 Å². The molecule has 0 aromatic carbocycles. The zero-order valence-electron chi connectivity index (χ0n) is 7.40. The Morgan fingerprint density at radius 2 is 2.15 bits per heavy atom. The van der Waals surface area contributed by atoms with E-state index < -0.39 is 5.97 Å². The molecule has 0 atom stereocenters. The summed E-state index contributed by atoms with van der Waals surface area (Å²) < 4.78 is 0. The van der Waals surface area contributed by atoms with Crippen LogP contribution in [-0.2, 0) is 4.79 Å². The van der Waals surface area contributed by atoms with Crippen LogP contribution in [0.1, 0.15) is 6.92 Å². The van der Waals surface area contributed by atoms with Crippen molar-refractivity contribution in [3.63, 3.8) is 0 Å². The molecule has 3 N–H and O–H groups in total. The second kappa shape index (κ2) is 5.77. The Bertz CT molecular complexity index is 288. The molecule has 4 nitrogen and oxygen atoms in total. The van der Waals surface area contributed by atoms with Crippen molar-refractivity contribution >= 4 is 11.8 Å². The Hall–Kier alpha value is -1.84. The number of nitrogens with two attached hydrogens (primary N) is 1. The van der Waals surface area contributed by atoms with Crippen LogP contribution in [0.15, 0.2) is 41.6 Å². The lowest BCUT2D eigenvalue weighted by molar-refractivity contribution is -0.131. The third-order valence-corrected chi connectivity index (χ3v) is 1.12. The number of carbonyl (C=O) groups is 1. The monoisotopic (exact) mass is 180 g/mol. The number of aliphatic imine (C=N–C) groups is 1. The maximum absolute atomic E-state index is 10.1. The molecule has 0 radical (unpaired) electrons. The summed E-state index contributed by atoms with van der Waals surface area (Å²) in [5.74, 6) is -0.698. The van der Waals surface area contributed by atoms with Gasteiger partial charge in [0.15, 0.2) is 0 Å². The highest BCUT2D eigenvalue weighted by molar-refractivity contribution is 5.91. The molecule has 0 rings (SSSR count). The van der Waals surface area contributed by atoms with Gasteiger partial charge in [0.1, 0.15) is 5.84 Å². The van der Waals surface area contributed by atoms with Crippen LogP contribution in [0, 0.1) is 0 Å². The number of hydrogen-bond donors (Lipinski definition) is 2. The molecule has 0 bridgehead atoms. The summed E-state index contributed by atoms with van der Waals surface area (Å²) in [7, 11) is 0. The fourth-order valence-corrected chi connectivity index (χ4v) is 0.475. The summed E-state index contributed by atoms with van der Waals surface area (Å²) >= 11 is 0. The maximum Gasteiger partial charge on any atom is 0.328 e. The van der Waals surface area contributed by atoms with E-state index in [2.05, 4.69) is 11.6 Å². The number of aliphatic carboxylic acids is 1. The number of amidine groups is 1. The van der Waals surface area contributed by atoms with Gasteiger partial charge in [0.2, 0.25) is 0 Å². The largest absolute Gasteiger partial charge is 0.478 e. The third kappa shape index (κ3) is 6.55. The second-order valence-electron chi connectivity index (χ2n) is 2.30. The first-order valence-electron chi connectivity index (χ1n) is 3.59. The van der Waals surface area contributed by atoms with Gasteiger partial charge in [-0.1, -0.05) is 12.7 Å². The molecular formula is C9H12N2O2. The molecule has 0 heterocycles. The molecule has 0 aliphatic heterocycles. The summed E-state index contributed by atoms with van der Waals surface area (Å²) in [5.41, 5.74) is 6.03. The molecule has 0 spiro atoms. The van der Waals surface area contributed by atoms with Gasteiger partial charge in [0, 0.05) is 12.3 Å². The SMILES string of the molecule is C=CC(N)=N/C=C(C)/C=C/C(=O)O. The lowest BCUT2D eigenvalue weighted by Gasteiger charge is -1.89. The van der Waals surface area contributed by atoms with Crippen LogP contribution in [0.25, 0.3) is 0 Å². The Labute approximate surface area is 76.8 Å². The zero-order chi connectivity index (χ0) is 10.3. The van der Waals surface area contributed by atoms with Crippen molar-refractivity contribution in [2.45, 2.75) is 6.92 Å². The third-order valence-electron chi connectivity index (χ3n) is 1.12. The van der Waals surface area contributed by atoms with Crippen molar-refractivity contribution in [1.29, 1.82) is 0 Å². The quantitative estimate of drug-likeness (QED) is 0.294. The number of rotatable bonds is 4. The minimum Gasteiger partial charge on any atom is -0.478 e. The molecule has 4 heteroatoms. The van der Waals surface area contributed by atoms with Crippen LogP contribution in [0.2, 0.25) is 0 Å². The van der Waals surface area contributed by atoms with Crippen molar-refractivity contribution < 1.29 is 9.90 Å². The molecule has 0 aliphatic carbocycles. The van der Waals surface area contributed by atoms with Crippen LogP contribution in [-0.4, -0.2) is 16.9 Å². The van der Waals surface area contributed by atoms with Crippen LogP contribution in [0.3, 0.4) is 0 Å². The summed E-state index contributed by atoms with van der Waals surface area (Å²) in [5, 5.41) is 8.30. The molecular weight excluding hydrogens is 168 g/mol. The van der Waals surface area contributed by atoms with E-state index in [-0.39, 0.29) is 0 Å². The first-order valence-corrected chi connectivity index (χ1v) is 3.59. The van der Waals surface area contributed by atoms with Crippen molar-refractivity contribution in [3.8, 4) is 0 Å². The zero-order valence-corrected chi connectivity index (χ0v) is 7.40. The second-order valence-corrected chi connectivity index (χ2v) is 2.30. The van der Waals surface area contributed by atoms with E-state index in [1.54, 1.807) is 6.92 Å². The van der Waals surface area contributed by atoms with Crippen molar-refractivity contribution in [3.05, 3.63) is 36.6 Å². The summed E-state index contributed by atoms with van der Waals surface area (Å²) in [6.07, 6.45) is 5.34. The van der Waals surface area contributed by atoms with E-state index in [1.165, 1.54) is 18.4 Å². The highest BCUT2D eigenvalue weighted by atomic mass is 16.4. The van der Waals surface area contributed by atoms with Gasteiger partial charge in [0.25, 0.3) is 0 Å².